The van der Waals surface area contributed by atoms with Crippen molar-refractivity contribution in [1.82, 2.24) is 0 Å². The SMILES string of the molecule is COc1ccc(OC)c2c1C1OC2C2C(=O)C=CC(=O)C12. The maximum absolute atomic E-state index is 12.2. The van der Waals surface area contributed by atoms with Crippen molar-refractivity contribution >= 4 is 11.6 Å². The molecular weight excluding hydrogens is 272 g/mol. The second kappa shape index (κ2) is 4.18. The van der Waals surface area contributed by atoms with Crippen LogP contribution in [0.5, 0.6) is 11.5 Å². The average molecular weight is 286 g/mol. The first-order chi connectivity index (χ1) is 10.2. The highest BCUT2D eigenvalue weighted by Gasteiger charge is 2.59. The van der Waals surface area contributed by atoms with Gasteiger partial charge < -0.3 is 14.2 Å². The quantitative estimate of drug-likeness (QED) is 0.829. The van der Waals surface area contributed by atoms with Gasteiger partial charge in [0, 0.05) is 11.1 Å². The number of fused-ring (bicyclic) bond motifs is 8. The molecule has 5 nitrogen and oxygen atoms in total. The fourth-order valence-electron chi connectivity index (χ4n) is 3.78. The third-order valence-corrected chi connectivity index (χ3v) is 4.62. The Labute approximate surface area is 121 Å². The highest BCUT2D eigenvalue weighted by Crippen LogP contribution is 2.62. The van der Waals surface area contributed by atoms with Crippen molar-refractivity contribution in [3.63, 3.8) is 0 Å². The molecule has 4 unspecified atom stereocenters. The third-order valence-electron chi connectivity index (χ3n) is 4.62. The van der Waals surface area contributed by atoms with E-state index in [-0.39, 0.29) is 11.6 Å². The summed E-state index contributed by atoms with van der Waals surface area (Å²) in [6.07, 6.45) is 1.86. The molecule has 0 spiro atoms. The lowest BCUT2D eigenvalue weighted by atomic mass is 9.69. The lowest BCUT2D eigenvalue weighted by Gasteiger charge is -2.30. The Morgan fingerprint density at radius 3 is 1.67 bits per heavy atom. The van der Waals surface area contributed by atoms with Crippen LogP contribution in [-0.4, -0.2) is 25.8 Å². The van der Waals surface area contributed by atoms with Crippen molar-refractivity contribution in [1.29, 1.82) is 0 Å². The Balaban J connectivity index is 1.94. The zero-order chi connectivity index (χ0) is 14.7. The minimum absolute atomic E-state index is 0.0531. The van der Waals surface area contributed by atoms with E-state index < -0.39 is 24.0 Å². The first kappa shape index (κ1) is 12.6. The van der Waals surface area contributed by atoms with Crippen molar-refractivity contribution in [3.8, 4) is 11.5 Å². The van der Waals surface area contributed by atoms with Crippen molar-refractivity contribution in [2.45, 2.75) is 12.2 Å². The van der Waals surface area contributed by atoms with Crippen LogP contribution in [0, 0.1) is 11.8 Å². The molecule has 3 aliphatic rings. The van der Waals surface area contributed by atoms with Gasteiger partial charge in [-0.2, -0.15) is 0 Å². The van der Waals surface area contributed by atoms with Crippen LogP contribution >= 0.6 is 0 Å². The number of carbonyl (C=O) groups excluding carboxylic acids is 2. The maximum Gasteiger partial charge on any atom is 0.162 e. The molecule has 0 radical (unpaired) electrons. The number of methoxy groups -OCH3 is 2. The van der Waals surface area contributed by atoms with Gasteiger partial charge in [0.1, 0.15) is 11.5 Å². The number of rotatable bonds is 2. The van der Waals surface area contributed by atoms with Gasteiger partial charge >= 0.3 is 0 Å². The van der Waals surface area contributed by atoms with E-state index >= 15 is 0 Å². The van der Waals surface area contributed by atoms with E-state index in [4.69, 9.17) is 14.2 Å². The van der Waals surface area contributed by atoms with Gasteiger partial charge in [-0.25, -0.2) is 0 Å². The fraction of sp³-hybridized carbons (Fsp3) is 0.375. The summed E-state index contributed by atoms with van der Waals surface area (Å²) in [7, 11) is 3.17. The van der Waals surface area contributed by atoms with Crippen LogP contribution in [-0.2, 0) is 14.3 Å². The largest absolute Gasteiger partial charge is 0.496 e. The van der Waals surface area contributed by atoms with Gasteiger partial charge in [-0.15, -0.1) is 0 Å². The summed E-state index contributed by atoms with van der Waals surface area (Å²) >= 11 is 0. The topological polar surface area (TPSA) is 61.8 Å². The normalized spacial score (nSPS) is 32.1. The summed E-state index contributed by atoms with van der Waals surface area (Å²) in [4.78, 5) is 24.4. The molecule has 0 N–H and O–H groups in total. The van der Waals surface area contributed by atoms with Crippen molar-refractivity contribution in [2.75, 3.05) is 14.2 Å². The molecule has 0 amide bonds. The van der Waals surface area contributed by atoms with E-state index in [9.17, 15) is 9.59 Å². The third kappa shape index (κ3) is 1.44. The molecule has 0 saturated carbocycles. The first-order valence-corrected chi connectivity index (χ1v) is 6.83. The predicted molar refractivity (Wildman–Crippen MR) is 72.2 cm³/mol. The molecule has 0 aromatic heterocycles. The molecule has 1 aromatic rings. The van der Waals surface area contributed by atoms with Crippen LogP contribution in [0.15, 0.2) is 24.3 Å². The molecule has 1 aromatic carbocycles. The highest BCUT2D eigenvalue weighted by molar-refractivity contribution is 6.08. The number of carbonyl (C=O) groups is 2. The Bertz CT molecular complexity index is 633. The Kier molecular flexibility index (Phi) is 2.50. The van der Waals surface area contributed by atoms with Crippen molar-refractivity contribution in [2.24, 2.45) is 11.8 Å². The van der Waals surface area contributed by atoms with E-state index in [0.29, 0.717) is 11.5 Å². The Hall–Kier alpha value is -2.14. The molecule has 4 rings (SSSR count). The summed E-state index contributed by atoms with van der Waals surface area (Å²) in [6, 6.07) is 3.61. The summed E-state index contributed by atoms with van der Waals surface area (Å²) < 4.78 is 16.8. The van der Waals surface area contributed by atoms with Gasteiger partial charge in [0.25, 0.3) is 0 Å². The zero-order valence-corrected chi connectivity index (χ0v) is 11.7. The Morgan fingerprint density at radius 2 is 1.29 bits per heavy atom. The van der Waals surface area contributed by atoms with Crippen LogP contribution in [0.2, 0.25) is 0 Å². The monoisotopic (exact) mass is 286 g/mol. The van der Waals surface area contributed by atoms with Gasteiger partial charge in [0.2, 0.25) is 0 Å². The van der Waals surface area contributed by atoms with Gasteiger partial charge in [-0.05, 0) is 24.3 Å². The van der Waals surface area contributed by atoms with E-state index in [0.717, 1.165) is 11.1 Å². The fourth-order valence-corrected chi connectivity index (χ4v) is 3.78. The molecular formula is C16H14O5. The molecule has 4 atom stereocenters. The standard InChI is InChI=1S/C16H14O5/c1-19-9-5-6-10(20-2)14-13(9)15-11-7(17)3-4-8(18)12(11)16(14)21-15/h3-6,11-12,15-16H,1-2H3. The number of benzene rings is 1. The molecule has 1 fully saturated rings. The van der Waals surface area contributed by atoms with E-state index in [1.54, 1.807) is 14.2 Å². The first-order valence-electron chi connectivity index (χ1n) is 6.83. The molecule has 108 valence electrons. The summed E-state index contributed by atoms with van der Waals surface area (Å²) in [5.74, 6) is 0.352. The minimum atomic E-state index is -0.444. The van der Waals surface area contributed by atoms with Crippen molar-refractivity contribution in [3.05, 3.63) is 35.4 Å². The molecule has 1 aliphatic carbocycles. The number of hydrogen-bond acceptors (Lipinski definition) is 5. The van der Waals surface area contributed by atoms with E-state index in [1.807, 2.05) is 12.1 Å². The lowest BCUT2D eigenvalue weighted by Crippen LogP contribution is -2.35. The number of hydrogen-bond donors (Lipinski definition) is 0. The molecule has 5 heteroatoms. The van der Waals surface area contributed by atoms with Crippen molar-refractivity contribution < 1.29 is 23.8 Å². The van der Waals surface area contributed by atoms with Crippen LogP contribution in [0.1, 0.15) is 23.3 Å². The summed E-state index contributed by atoms with van der Waals surface area (Å²) in [5.41, 5.74) is 1.69. The number of ether oxygens (including phenoxy) is 3. The van der Waals surface area contributed by atoms with Gasteiger partial charge in [0.15, 0.2) is 11.6 Å². The zero-order valence-electron chi connectivity index (χ0n) is 11.7. The van der Waals surface area contributed by atoms with Crippen LogP contribution in [0.3, 0.4) is 0 Å². The van der Waals surface area contributed by atoms with Crippen LogP contribution in [0.4, 0.5) is 0 Å². The van der Waals surface area contributed by atoms with Gasteiger partial charge in [0.05, 0.1) is 38.3 Å². The average Bonchev–Trinajstić information content (AvgIpc) is 3.07. The van der Waals surface area contributed by atoms with E-state index in [2.05, 4.69) is 0 Å². The van der Waals surface area contributed by atoms with Crippen LogP contribution in [0.25, 0.3) is 0 Å². The van der Waals surface area contributed by atoms with Gasteiger partial charge in [-0.3, -0.25) is 9.59 Å². The maximum atomic E-state index is 12.2. The molecule has 2 heterocycles. The lowest BCUT2D eigenvalue weighted by molar-refractivity contribution is -0.128. The smallest absolute Gasteiger partial charge is 0.162 e. The summed E-state index contributed by atoms with van der Waals surface area (Å²) in [6.45, 7) is 0. The molecule has 2 aliphatic heterocycles. The molecule has 1 saturated heterocycles. The van der Waals surface area contributed by atoms with Gasteiger partial charge in [-0.1, -0.05) is 0 Å². The second-order valence-corrected chi connectivity index (χ2v) is 5.46. The number of ketones is 2. The molecule has 2 bridgehead atoms. The Morgan fingerprint density at radius 1 is 0.857 bits per heavy atom. The van der Waals surface area contributed by atoms with E-state index in [1.165, 1.54) is 12.2 Å². The minimum Gasteiger partial charge on any atom is -0.496 e. The second-order valence-electron chi connectivity index (χ2n) is 5.46. The summed E-state index contributed by atoms with van der Waals surface area (Å²) in [5, 5.41) is 0. The molecule has 21 heavy (non-hydrogen) atoms. The highest BCUT2D eigenvalue weighted by atomic mass is 16.5. The van der Waals surface area contributed by atoms with Crippen LogP contribution < -0.4 is 9.47 Å². The number of allylic oxidation sites excluding steroid dienone is 2. The predicted octanol–water partition coefficient (Wildman–Crippen LogP) is 1.77.